The van der Waals surface area contributed by atoms with E-state index in [-0.39, 0.29) is 5.91 Å². The van der Waals surface area contributed by atoms with Gasteiger partial charge in [0.25, 0.3) is 0 Å². The van der Waals surface area contributed by atoms with Crippen LogP contribution in [0.2, 0.25) is 0 Å². The quantitative estimate of drug-likeness (QED) is 0.610. The number of aromatic nitrogens is 1. The van der Waals surface area contributed by atoms with Crippen LogP contribution in [0.5, 0.6) is 0 Å². The normalized spacial score (nSPS) is 16.5. The number of hydrazone groups is 1. The zero-order valence-electron chi connectivity index (χ0n) is 13.6. The number of hydrogen-bond acceptors (Lipinski definition) is 3. The number of nitrogens with zero attached hydrogens (tertiary/aromatic N) is 2. The van der Waals surface area contributed by atoms with Crippen molar-refractivity contribution in [1.29, 1.82) is 0 Å². The Morgan fingerprint density at radius 3 is 2.64 bits per heavy atom. The van der Waals surface area contributed by atoms with E-state index in [2.05, 4.69) is 22.4 Å². The van der Waals surface area contributed by atoms with Crippen molar-refractivity contribution in [2.45, 2.75) is 64.7 Å². The Morgan fingerprint density at radius 2 is 1.95 bits per heavy atom. The molecule has 1 aliphatic rings. The van der Waals surface area contributed by atoms with E-state index in [9.17, 15) is 4.79 Å². The first kappa shape index (κ1) is 16.7. The first-order chi connectivity index (χ1) is 10.8. The van der Waals surface area contributed by atoms with Gasteiger partial charge < -0.3 is 0 Å². The van der Waals surface area contributed by atoms with E-state index >= 15 is 0 Å². The fourth-order valence-electron chi connectivity index (χ4n) is 3.04. The molecule has 0 aliphatic heterocycles. The fraction of sp³-hybridized carbons (Fsp3) is 0.611. The molecule has 1 saturated carbocycles. The van der Waals surface area contributed by atoms with Gasteiger partial charge in [0.2, 0.25) is 5.91 Å². The lowest BCUT2D eigenvalue weighted by Gasteiger charge is -2.20. The summed E-state index contributed by atoms with van der Waals surface area (Å²) >= 11 is 0. The molecule has 1 amide bonds. The first-order valence-corrected chi connectivity index (χ1v) is 8.55. The Hall–Kier alpha value is -1.71. The molecule has 1 aromatic rings. The van der Waals surface area contributed by atoms with Gasteiger partial charge in [-0.3, -0.25) is 9.78 Å². The summed E-state index contributed by atoms with van der Waals surface area (Å²) in [6.45, 7) is 2.11. The van der Waals surface area contributed by atoms with Crippen molar-refractivity contribution in [3.8, 4) is 0 Å². The molecule has 4 heteroatoms. The highest BCUT2D eigenvalue weighted by molar-refractivity contribution is 6.00. The van der Waals surface area contributed by atoms with Crippen LogP contribution in [-0.4, -0.2) is 16.6 Å². The average Bonchev–Trinajstić information content (AvgIpc) is 2.58. The molecule has 1 heterocycles. The van der Waals surface area contributed by atoms with Crippen molar-refractivity contribution in [2.75, 3.05) is 0 Å². The minimum absolute atomic E-state index is 0.0354. The van der Waals surface area contributed by atoms with Crippen LogP contribution >= 0.6 is 0 Å². The molecule has 0 unspecified atom stereocenters. The second kappa shape index (κ2) is 9.34. The number of nitrogens with one attached hydrogen (secondary N) is 1. The molecule has 0 radical (unpaired) electrons. The molecule has 1 N–H and O–H groups in total. The Labute approximate surface area is 133 Å². The monoisotopic (exact) mass is 301 g/mol. The second-order valence-corrected chi connectivity index (χ2v) is 6.12. The molecule has 1 fully saturated rings. The van der Waals surface area contributed by atoms with E-state index < -0.39 is 0 Å². The second-order valence-electron chi connectivity index (χ2n) is 6.12. The van der Waals surface area contributed by atoms with E-state index in [0.29, 0.717) is 6.42 Å². The van der Waals surface area contributed by atoms with E-state index in [4.69, 9.17) is 0 Å². The number of carbonyl (C=O) groups is 1. The number of carbonyl (C=O) groups excluding carboxylic acids is 1. The molecule has 22 heavy (non-hydrogen) atoms. The molecule has 0 atom stereocenters. The van der Waals surface area contributed by atoms with Gasteiger partial charge in [-0.2, -0.15) is 5.10 Å². The maximum absolute atomic E-state index is 12.0. The minimum atomic E-state index is 0.0354. The Kier molecular flexibility index (Phi) is 7.07. The predicted molar refractivity (Wildman–Crippen MR) is 89.6 cm³/mol. The highest BCUT2D eigenvalue weighted by atomic mass is 16.2. The summed E-state index contributed by atoms with van der Waals surface area (Å²) in [5.41, 5.74) is 4.69. The zero-order chi connectivity index (χ0) is 15.6. The maximum atomic E-state index is 12.0. The predicted octanol–water partition coefficient (Wildman–Crippen LogP) is 4.06. The lowest BCUT2D eigenvalue weighted by Crippen LogP contribution is -2.21. The summed E-state index contributed by atoms with van der Waals surface area (Å²) in [5, 5.41) is 4.34. The van der Waals surface area contributed by atoms with Crippen molar-refractivity contribution in [1.82, 2.24) is 10.4 Å². The van der Waals surface area contributed by atoms with Crippen molar-refractivity contribution in [3.05, 3.63) is 30.1 Å². The third-order valence-electron chi connectivity index (χ3n) is 4.32. The summed E-state index contributed by atoms with van der Waals surface area (Å²) in [6.07, 6.45) is 13.5. The highest BCUT2D eigenvalue weighted by Gasteiger charge is 2.14. The van der Waals surface area contributed by atoms with E-state index in [1.807, 2.05) is 12.1 Å². The van der Waals surface area contributed by atoms with Gasteiger partial charge in [-0.05, 0) is 30.9 Å². The van der Waals surface area contributed by atoms with Crippen LogP contribution in [0.15, 0.2) is 29.6 Å². The number of rotatable bonds is 7. The van der Waals surface area contributed by atoms with Gasteiger partial charge in [-0.25, -0.2) is 5.43 Å². The Bertz CT molecular complexity index is 478. The van der Waals surface area contributed by atoms with Gasteiger partial charge in [-0.15, -0.1) is 0 Å². The van der Waals surface area contributed by atoms with Crippen LogP contribution in [-0.2, 0) is 4.79 Å². The van der Waals surface area contributed by atoms with Gasteiger partial charge in [0, 0.05) is 24.4 Å². The molecular weight excluding hydrogens is 274 g/mol. The van der Waals surface area contributed by atoms with Gasteiger partial charge in [0.1, 0.15) is 0 Å². The maximum Gasteiger partial charge on any atom is 0.240 e. The van der Waals surface area contributed by atoms with Gasteiger partial charge in [-0.1, -0.05) is 45.4 Å². The lowest BCUT2D eigenvalue weighted by atomic mass is 9.86. The van der Waals surface area contributed by atoms with Crippen LogP contribution in [0.25, 0.3) is 0 Å². The molecule has 0 spiro atoms. The molecular formula is C18H27N3O. The summed E-state index contributed by atoms with van der Waals surface area (Å²) in [6, 6.07) is 3.87. The molecule has 120 valence electrons. The van der Waals surface area contributed by atoms with Crippen molar-refractivity contribution in [2.24, 2.45) is 11.0 Å². The zero-order valence-corrected chi connectivity index (χ0v) is 13.6. The number of pyridine rings is 1. The summed E-state index contributed by atoms with van der Waals surface area (Å²) in [5.74, 6) is 0.770. The van der Waals surface area contributed by atoms with E-state index in [0.717, 1.165) is 36.5 Å². The van der Waals surface area contributed by atoms with Gasteiger partial charge >= 0.3 is 0 Å². The Balaban J connectivity index is 1.83. The van der Waals surface area contributed by atoms with Crippen LogP contribution in [0.4, 0.5) is 0 Å². The van der Waals surface area contributed by atoms with E-state index in [1.165, 1.54) is 32.1 Å². The molecule has 4 nitrogen and oxygen atoms in total. The van der Waals surface area contributed by atoms with Crippen LogP contribution in [0.3, 0.4) is 0 Å². The van der Waals surface area contributed by atoms with Crippen molar-refractivity contribution < 1.29 is 4.79 Å². The standard InChI is InChI=1S/C18H27N3O/c1-2-6-17(16-11-13-19-14-12-16)20-21-18(22)10-9-15-7-4-3-5-8-15/h11-15H,2-10H2,1H3,(H,21,22). The third-order valence-corrected chi connectivity index (χ3v) is 4.32. The summed E-state index contributed by atoms with van der Waals surface area (Å²) in [7, 11) is 0. The topological polar surface area (TPSA) is 54.4 Å². The minimum Gasteiger partial charge on any atom is -0.273 e. The molecule has 0 bridgehead atoms. The lowest BCUT2D eigenvalue weighted by molar-refractivity contribution is -0.121. The number of amides is 1. The smallest absolute Gasteiger partial charge is 0.240 e. The molecule has 0 saturated heterocycles. The van der Waals surface area contributed by atoms with Gasteiger partial charge in [0.15, 0.2) is 0 Å². The molecule has 0 aromatic carbocycles. The number of hydrogen-bond donors (Lipinski definition) is 1. The van der Waals surface area contributed by atoms with Gasteiger partial charge in [0.05, 0.1) is 5.71 Å². The van der Waals surface area contributed by atoms with Crippen molar-refractivity contribution >= 4 is 11.6 Å². The van der Waals surface area contributed by atoms with Crippen LogP contribution in [0, 0.1) is 5.92 Å². The summed E-state index contributed by atoms with van der Waals surface area (Å²) < 4.78 is 0. The van der Waals surface area contributed by atoms with Crippen LogP contribution in [0.1, 0.15) is 70.3 Å². The molecule has 2 rings (SSSR count). The summed E-state index contributed by atoms with van der Waals surface area (Å²) in [4.78, 5) is 16.0. The van der Waals surface area contributed by atoms with Crippen LogP contribution < -0.4 is 5.43 Å². The molecule has 1 aromatic heterocycles. The average molecular weight is 301 g/mol. The van der Waals surface area contributed by atoms with E-state index in [1.54, 1.807) is 12.4 Å². The molecule has 1 aliphatic carbocycles. The fourth-order valence-corrected chi connectivity index (χ4v) is 3.04. The SMILES string of the molecule is CCCC(=NNC(=O)CCC1CCCCC1)c1ccncc1. The largest absolute Gasteiger partial charge is 0.273 e. The highest BCUT2D eigenvalue weighted by Crippen LogP contribution is 2.27. The van der Waals surface area contributed by atoms with Crippen molar-refractivity contribution in [3.63, 3.8) is 0 Å². The first-order valence-electron chi connectivity index (χ1n) is 8.55. The Morgan fingerprint density at radius 1 is 1.23 bits per heavy atom. The third kappa shape index (κ3) is 5.58.